The van der Waals surface area contributed by atoms with E-state index < -0.39 is 0 Å². The Hall–Kier alpha value is -0.900. The Balaban J connectivity index is 1.71. The number of benzene rings is 1. The molecule has 0 spiro atoms. The lowest BCUT2D eigenvalue weighted by molar-refractivity contribution is 0.0341. The molecule has 0 bridgehead atoms. The van der Waals surface area contributed by atoms with Gasteiger partial charge in [0, 0.05) is 25.2 Å². The lowest BCUT2D eigenvalue weighted by Crippen LogP contribution is -2.39. The van der Waals surface area contributed by atoms with Gasteiger partial charge in [-0.3, -0.25) is 4.90 Å². The highest BCUT2D eigenvalue weighted by Gasteiger charge is 2.29. The van der Waals surface area contributed by atoms with Crippen LogP contribution in [0.25, 0.3) is 0 Å². The molecule has 3 heteroatoms. The molecule has 2 fully saturated rings. The Kier molecular flexibility index (Phi) is 4.39. The van der Waals surface area contributed by atoms with Crippen LogP contribution in [0, 0.1) is 0 Å². The second kappa shape index (κ2) is 6.25. The molecular formula is C17H26N2O. The van der Waals surface area contributed by atoms with E-state index >= 15 is 0 Å². The summed E-state index contributed by atoms with van der Waals surface area (Å²) in [5.41, 5.74) is 9.29. The highest BCUT2D eigenvalue weighted by atomic mass is 16.5. The van der Waals surface area contributed by atoms with Crippen LogP contribution >= 0.6 is 0 Å². The lowest BCUT2D eigenvalue weighted by Gasteiger charge is -2.34. The molecule has 1 heterocycles. The molecular weight excluding hydrogens is 248 g/mol. The Morgan fingerprint density at radius 3 is 2.60 bits per heavy atom. The molecule has 1 saturated carbocycles. The van der Waals surface area contributed by atoms with E-state index in [1.807, 2.05) is 0 Å². The molecule has 1 aromatic carbocycles. The van der Waals surface area contributed by atoms with E-state index in [0.29, 0.717) is 0 Å². The van der Waals surface area contributed by atoms with Crippen molar-refractivity contribution in [1.29, 1.82) is 0 Å². The van der Waals surface area contributed by atoms with Gasteiger partial charge in [-0.05, 0) is 24.0 Å². The molecule has 1 aliphatic carbocycles. The molecule has 2 aliphatic rings. The highest BCUT2D eigenvalue weighted by Crippen LogP contribution is 2.35. The number of hydrogen-bond acceptors (Lipinski definition) is 3. The average Bonchev–Trinajstić information content (AvgIpc) is 2.49. The quantitative estimate of drug-likeness (QED) is 0.921. The summed E-state index contributed by atoms with van der Waals surface area (Å²) in [5.74, 6) is 0. The zero-order valence-electron chi connectivity index (χ0n) is 12.3. The summed E-state index contributed by atoms with van der Waals surface area (Å²) < 4.78 is 5.41. The maximum Gasteiger partial charge on any atom is 0.0594 e. The van der Waals surface area contributed by atoms with Crippen LogP contribution in [0.3, 0.4) is 0 Å². The number of ether oxygens (including phenoxy) is 1. The van der Waals surface area contributed by atoms with Gasteiger partial charge < -0.3 is 10.5 Å². The third-order valence-electron chi connectivity index (χ3n) is 4.76. The van der Waals surface area contributed by atoms with E-state index in [0.717, 1.165) is 45.7 Å². The minimum absolute atomic E-state index is 0.0841. The minimum Gasteiger partial charge on any atom is -0.379 e. The molecule has 0 unspecified atom stereocenters. The zero-order valence-corrected chi connectivity index (χ0v) is 12.3. The molecule has 1 saturated heterocycles. The van der Waals surface area contributed by atoms with Gasteiger partial charge in [0.2, 0.25) is 0 Å². The Bertz CT molecular complexity index is 434. The molecule has 2 N–H and O–H groups in total. The van der Waals surface area contributed by atoms with Gasteiger partial charge in [0.1, 0.15) is 0 Å². The standard InChI is InChI=1S/C17H26N2O/c18-17(7-2-1-3-8-17)16-6-4-5-15(13-16)14-19-9-11-20-12-10-19/h4-6,13H,1-3,7-12,14,18H2. The molecule has 0 atom stereocenters. The van der Waals surface area contributed by atoms with Crippen LogP contribution in [0.5, 0.6) is 0 Å². The monoisotopic (exact) mass is 274 g/mol. The van der Waals surface area contributed by atoms with Gasteiger partial charge in [0.15, 0.2) is 0 Å². The molecule has 3 rings (SSSR count). The first-order valence-corrected chi connectivity index (χ1v) is 7.95. The third-order valence-corrected chi connectivity index (χ3v) is 4.76. The van der Waals surface area contributed by atoms with Crippen molar-refractivity contribution in [1.82, 2.24) is 4.90 Å². The maximum absolute atomic E-state index is 6.65. The molecule has 110 valence electrons. The third kappa shape index (κ3) is 3.22. The SMILES string of the molecule is NC1(c2cccc(CN3CCOCC3)c2)CCCCC1. The highest BCUT2D eigenvalue weighted by molar-refractivity contribution is 5.30. The summed E-state index contributed by atoms with van der Waals surface area (Å²) >= 11 is 0. The van der Waals surface area contributed by atoms with Crippen molar-refractivity contribution >= 4 is 0 Å². The first kappa shape index (κ1) is 14.1. The molecule has 3 nitrogen and oxygen atoms in total. The van der Waals surface area contributed by atoms with E-state index in [2.05, 4.69) is 29.2 Å². The summed E-state index contributed by atoms with van der Waals surface area (Å²) in [5, 5.41) is 0. The van der Waals surface area contributed by atoms with E-state index in [9.17, 15) is 0 Å². The van der Waals surface area contributed by atoms with Crippen LogP contribution in [0.15, 0.2) is 24.3 Å². The summed E-state index contributed by atoms with van der Waals surface area (Å²) in [6, 6.07) is 8.95. The van der Waals surface area contributed by atoms with Crippen molar-refractivity contribution in [2.24, 2.45) is 5.73 Å². The predicted octanol–water partition coefficient (Wildman–Crippen LogP) is 2.64. The van der Waals surface area contributed by atoms with Crippen LogP contribution in [0.4, 0.5) is 0 Å². The number of nitrogens with two attached hydrogens (primary N) is 1. The summed E-state index contributed by atoms with van der Waals surface area (Å²) in [6.45, 7) is 4.82. The van der Waals surface area contributed by atoms with Crippen LogP contribution in [0.1, 0.15) is 43.2 Å². The zero-order chi connectivity index (χ0) is 13.8. The number of morpholine rings is 1. The fourth-order valence-electron chi connectivity index (χ4n) is 3.47. The van der Waals surface area contributed by atoms with Crippen LogP contribution < -0.4 is 5.73 Å². The van der Waals surface area contributed by atoms with Gasteiger partial charge in [-0.1, -0.05) is 43.5 Å². The van der Waals surface area contributed by atoms with Crippen LogP contribution in [-0.4, -0.2) is 31.2 Å². The molecule has 0 aromatic heterocycles. The number of hydrogen-bond donors (Lipinski definition) is 1. The smallest absolute Gasteiger partial charge is 0.0594 e. The normalized spacial score (nSPS) is 23.6. The molecule has 20 heavy (non-hydrogen) atoms. The van der Waals surface area contributed by atoms with Crippen molar-refractivity contribution in [2.45, 2.75) is 44.2 Å². The van der Waals surface area contributed by atoms with Crippen LogP contribution in [0.2, 0.25) is 0 Å². The fourth-order valence-corrected chi connectivity index (χ4v) is 3.47. The van der Waals surface area contributed by atoms with E-state index in [1.165, 1.54) is 30.4 Å². The van der Waals surface area contributed by atoms with Crippen molar-refractivity contribution in [3.05, 3.63) is 35.4 Å². The summed E-state index contributed by atoms with van der Waals surface area (Å²) in [4.78, 5) is 2.46. The molecule has 0 radical (unpaired) electrons. The van der Waals surface area contributed by atoms with Crippen molar-refractivity contribution in [2.75, 3.05) is 26.3 Å². The Morgan fingerprint density at radius 1 is 1.10 bits per heavy atom. The minimum atomic E-state index is -0.0841. The Labute approximate surface area is 122 Å². The van der Waals surface area contributed by atoms with Gasteiger partial charge in [0.05, 0.1) is 13.2 Å². The predicted molar refractivity (Wildman–Crippen MR) is 81.5 cm³/mol. The second-order valence-corrected chi connectivity index (χ2v) is 6.31. The summed E-state index contributed by atoms with van der Waals surface area (Å²) in [7, 11) is 0. The van der Waals surface area contributed by atoms with E-state index in [-0.39, 0.29) is 5.54 Å². The van der Waals surface area contributed by atoms with Gasteiger partial charge in [0.25, 0.3) is 0 Å². The van der Waals surface area contributed by atoms with Gasteiger partial charge in [-0.15, -0.1) is 0 Å². The molecule has 1 aliphatic heterocycles. The Morgan fingerprint density at radius 2 is 1.85 bits per heavy atom. The largest absolute Gasteiger partial charge is 0.379 e. The fraction of sp³-hybridized carbons (Fsp3) is 0.647. The number of nitrogens with zero attached hydrogens (tertiary/aromatic N) is 1. The number of rotatable bonds is 3. The van der Waals surface area contributed by atoms with Gasteiger partial charge in [-0.2, -0.15) is 0 Å². The maximum atomic E-state index is 6.65. The summed E-state index contributed by atoms with van der Waals surface area (Å²) in [6.07, 6.45) is 6.14. The molecule has 1 aromatic rings. The van der Waals surface area contributed by atoms with E-state index in [1.54, 1.807) is 0 Å². The van der Waals surface area contributed by atoms with Crippen molar-refractivity contribution < 1.29 is 4.74 Å². The van der Waals surface area contributed by atoms with E-state index in [4.69, 9.17) is 10.5 Å². The first-order chi connectivity index (χ1) is 9.76. The van der Waals surface area contributed by atoms with Crippen LogP contribution in [-0.2, 0) is 16.8 Å². The van der Waals surface area contributed by atoms with Crippen molar-refractivity contribution in [3.8, 4) is 0 Å². The average molecular weight is 274 g/mol. The topological polar surface area (TPSA) is 38.5 Å². The van der Waals surface area contributed by atoms with Gasteiger partial charge >= 0.3 is 0 Å². The first-order valence-electron chi connectivity index (χ1n) is 7.95. The van der Waals surface area contributed by atoms with Gasteiger partial charge in [-0.25, -0.2) is 0 Å². The van der Waals surface area contributed by atoms with Crippen molar-refractivity contribution in [3.63, 3.8) is 0 Å². The molecule has 0 amide bonds. The lowest BCUT2D eigenvalue weighted by atomic mass is 9.77. The second-order valence-electron chi connectivity index (χ2n) is 6.31.